The molecule has 0 aliphatic rings. The smallest absolute Gasteiger partial charge is 0.320 e. The molecule has 1 heterocycles. The largest absolute Gasteiger partial charge is 0.480 e. The predicted octanol–water partition coefficient (Wildman–Crippen LogP) is -1.04. The van der Waals surface area contributed by atoms with E-state index in [0.717, 1.165) is 5.69 Å². The Hall–Kier alpha value is -1.41. The van der Waals surface area contributed by atoms with Crippen LogP contribution < -0.4 is 4.72 Å². The lowest BCUT2D eigenvalue weighted by atomic mass is 10.3. The number of carbonyl (C=O) groups is 1. The second-order valence-corrected chi connectivity index (χ2v) is 4.68. The Balaban J connectivity index is 2.34. The number of carboxylic acid groups (broad SMARTS) is 1. The van der Waals surface area contributed by atoms with Crippen LogP contribution in [0.4, 0.5) is 0 Å². The second kappa shape index (κ2) is 4.89. The predicted molar refractivity (Wildman–Crippen MR) is 51.7 cm³/mol. The molecule has 0 radical (unpaired) electrons. The highest BCUT2D eigenvalue weighted by Gasteiger charge is 2.14. The van der Waals surface area contributed by atoms with Crippen molar-refractivity contribution in [3.63, 3.8) is 0 Å². The zero-order valence-corrected chi connectivity index (χ0v) is 8.62. The van der Waals surface area contributed by atoms with Gasteiger partial charge in [0.15, 0.2) is 5.75 Å². The summed E-state index contributed by atoms with van der Waals surface area (Å²) in [5.41, 5.74) is 0.785. The highest BCUT2D eigenvalue weighted by Crippen LogP contribution is 1.92. The summed E-state index contributed by atoms with van der Waals surface area (Å²) in [6.45, 7) is 0.151. The van der Waals surface area contributed by atoms with E-state index < -0.39 is 21.7 Å². The van der Waals surface area contributed by atoms with Gasteiger partial charge < -0.3 is 10.1 Å². The number of carboxylic acids is 1. The summed E-state index contributed by atoms with van der Waals surface area (Å²) in [5.74, 6) is -2.28. The molecule has 0 saturated heterocycles. The number of hydrogen-bond donors (Lipinski definition) is 3. The Morgan fingerprint density at radius 1 is 1.60 bits per heavy atom. The summed E-state index contributed by atoms with van der Waals surface area (Å²) in [6.07, 6.45) is 3.51. The van der Waals surface area contributed by atoms with E-state index >= 15 is 0 Å². The standard InChI is InChI=1S/C7H11N3O4S/c11-7(12)4-15(13,14)10-2-1-6-3-8-5-9-6/h3,5,10H,1-2,4H2,(H,8,9)(H,11,12). The van der Waals surface area contributed by atoms with Crippen molar-refractivity contribution in [1.82, 2.24) is 14.7 Å². The first kappa shape index (κ1) is 11.7. The summed E-state index contributed by atoms with van der Waals surface area (Å²) >= 11 is 0. The molecule has 0 fully saturated rings. The number of hydrogen-bond acceptors (Lipinski definition) is 4. The lowest BCUT2D eigenvalue weighted by molar-refractivity contribution is -0.134. The Bertz CT molecular complexity index is 411. The third kappa shape index (κ3) is 4.56. The number of aromatic amines is 1. The number of sulfonamides is 1. The molecule has 0 aliphatic heterocycles. The molecular formula is C7H11N3O4S. The molecule has 7 nitrogen and oxygen atoms in total. The van der Waals surface area contributed by atoms with E-state index in [1.807, 2.05) is 0 Å². The number of rotatable bonds is 6. The van der Waals surface area contributed by atoms with E-state index in [0.29, 0.717) is 6.42 Å². The minimum absolute atomic E-state index is 0.151. The van der Waals surface area contributed by atoms with Crippen molar-refractivity contribution in [2.24, 2.45) is 0 Å². The summed E-state index contributed by atoms with van der Waals surface area (Å²) in [7, 11) is -3.72. The molecule has 1 aromatic heterocycles. The maximum absolute atomic E-state index is 11.1. The molecule has 0 saturated carbocycles. The Kier molecular flexibility index (Phi) is 3.81. The molecule has 0 amide bonds. The number of H-pyrrole nitrogens is 1. The topological polar surface area (TPSA) is 112 Å². The molecule has 0 aromatic carbocycles. The first-order chi connectivity index (χ1) is 6.99. The van der Waals surface area contributed by atoms with Crippen molar-refractivity contribution >= 4 is 16.0 Å². The van der Waals surface area contributed by atoms with Gasteiger partial charge in [0.1, 0.15) is 0 Å². The van der Waals surface area contributed by atoms with Crippen LogP contribution in [0.15, 0.2) is 12.5 Å². The van der Waals surface area contributed by atoms with E-state index in [2.05, 4.69) is 14.7 Å². The van der Waals surface area contributed by atoms with Crippen LogP contribution in [0.25, 0.3) is 0 Å². The van der Waals surface area contributed by atoms with Crippen LogP contribution in [-0.2, 0) is 21.2 Å². The third-order valence-electron chi connectivity index (χ3n) is 1.58. The number of aromatic nitrogens is 2. The fraction of sp³-hybridized carbons (Fsp3) is 0.429. The van der Waals surface area contributed by atoms with Crippen LogP contribution in [0.5, 0.6) is 0 Å². The van der Waals surface area contributed by atoms with Gasteiger partial charge in [0, 0.05) is 24.9 Å². The third-order valence-corrected chi connectivity index (χ3v) is 2.86. The Labute approximate surface area is 86.6 Å². The molecule has 0 spiro atoms. The zero-order chi connectivity index (χ0) is 11.3. The van der Waals surface area contributed by atoms with E-state index in [1.54, 1.807) is 6.20 Å². The van der Waals surface area contributed by atoms with Crippen LogP contribution in [0.2, 0.25) is 0 Å². The zero-order valence-electron chi connectivity index (χ0n) is 7.80. The molecule has 0 aliphatic carbocycles. The molecular weight excluding hydrogens is 222 g/mol. The van der Waals surface area contributed by atoms with Crippen molar-refractivity contribution in [3.05, 3.63) is 18.2 Å². The van der Waals surface area contributed by atoms with Crippen molar-refractivity contribution in [1.29, 1.82) is 0 Å². The van der Waals surface area contributed by atoms with Gasteiger partial charge in [-0.3, -0.25) is 4.79 Å². The van der Waals surface area contributed by atoms with Crippen molar-refractivity contribution in [2.45, 2.75) is 6.42 Å². The fourth-order valence-corrected chi connectivity index (χ4v) is 1.82. The van der Waals surface area contributed by atoms with E-state index in [1.165, 1.54) is 6.33 Å². The van der Waals surface area contributed by atoms with Crippen LogP contribution in [0.3, 0.4) is 0 Å². The highest BCUT2D eigenvalue weighted by molar-refractivity contribution is 7.90. The first-order valence-electron chi connectivity index (χ1n) is 4.16. The lowest BCUT2D eigenvalue weighted by Crippen LogP contribution is -2.31. The van der Waals surface area contributed by atoms with Gasteiger partial charge in [0.05, 0.1) is 6.33 Å². The minimum Gasteiger partial charge on any atom is -0.480 e. The molecule has 1 aromatic rings. The van der Waals surface area contributed by atoms with Gasteiger partial charge >= 0.3 is 5.97 Å². The van der Waals surface area contributed by atoms with Crippen molar-refractivity contribution < 1.29 is 18.3 Å². The summed E-state index contributed by atoms with van der Waals surface area (Å²) < 4.78 is 24.3. The molecule has 15 heavy (non-hydrogen) atoms. The van der Waals surface area contributed by atoms with Gasteiger partial charge in [-0.2, -0.15) is 0 Å². The second-order valence-electron chi connectivity index (χ2n) is 2.87. The molecule has 1 rings (SSSR count). The number of imidazole rings is 1. The average Bonchev–Trinajstić information content (AvgIpc) is 2.53. The normalized spacial score (nSPS) is 11.5. The van der Waals surface area contributed by atoms with Gasteiger partial charge in [-0.05, 0) is 0 Å². The number of nitrogens with one attached hydrogen (secondary N) is 2. The Morgan fingerprint density at radius 3 is 2.87 bits per heavy atom. The van der Waals surface area contributed by atoms with E-state index in [-0.39, 0.29) is 6.54 Å². The van der Waals surface area contributed by atoms with Crippen molar-refractivity contribution in [3.8, 4) is 0 Å². The van der Waals surface area contributed by atoms with E-state index in [4.69, 9.17) is 5.11 Å². The summed E-state index contributed by atoms with van der Waals surface area (Å²) in [5, 5.41) is 8.30. The SMILES string of the molecule is O=C(O)CS(=O)(=O)NCCc1cnc[nH]1. The van der Waals surface area contributed by atoms with Gasteiger partial charge in [0.2, 0.25) is 10.0 Å². The fourth-order valence-electron chi connectivity index (χ4n) is 0.976. The molecule has 3 N–H and O–H groups in total. The monoisotopic (exact) mass is 233 g/mol. The van der Waals surface area contributed by atoms with E-state index in [9.17, 15) is 13.2 Å². The summed E-state index contributed by atoms with van der Waals surface area (Å²) in [4.78, 5) is 16.7. The minimum atomic E-state index is -3.72. The van der Waals surface area contributed by atoms with Gasteiger partial charge in [-0.25, -0.2) is 18.1 Å². The maximum atomic E-state index is 11.1. The maximum Gasteiger partial charge on any atom is 0.320 e. The molecule has 0 unspecified atom stereocenters. The number of nitrogens with zero attached hydrogens (tertiary/aromatic N) is 1. The molecule has 8 heteroatoms. The summed E-state index contributed by atoms with van der Waals surface area (Å²) in [6, 6.07) is 0. The molecule has 84 valence electrons. The molecule has 0 bridgehead atoms. The lowest BCUT2D eigenvalue weighted by Gasteiger charge is -2.02. The average molecular weight is 233 g/mol. The van der Waals surface area contributed by atoms with Crippen LogP contribution >= 0.6 is 0 Å². The molecule has 0 atom stereocenters. The Morgan fingerprint density at radius 2 is 2.33 bits per heavy atom. The van der Waals surface area contributed by atoms with Gasteiger partial charge in [-0.15, -0.1) is 0 Å². The number of aliphatic carboxylic acids is 1. The van der Waals surface area contributed by atoms with Crippen LogP contribution in [-0.4, -0.2) is 41.8 Å². The van der Waals surface area contributed by atoms with Gasteiger partial charge in [-0.1, -0.05) is 0 Å². The first-order valence-corrected chi connectivity index (χ1v) is 5.81. The van der Waals surface area contributed by atoms with Crippen LogP contribution in [0.1, 0.15) is 5.69 Å². The highest BCUT2D eigenvalue weighted by atomic mass is 32.2. The van der Waals surface area contributed by atoms with Crippen molar-refractivity contribution in [2.75, 3.05) is 12.3 Å². The van der Waals surface area contributed by atoms with Gasteiger partial charge in [0.25, 0.3) is 0 Å². The quantitative estimate of drug-likeness (QED) is 0.580. The van der Waals surface area contributed by atoms with Crippen LogP contribution in [0, 0.1) is 0 Å².